The summed E-state index contributed by atoms with van der Waals surface area (Å²) in [5.41, 5.74) is 0. The molecule has 0 aliphatic rings. The van der Waals surface area contributed by atoms with Crippen molar-refractivity contribution in [3.63, 3.8) is 0 Å². The molecular weight excluding hydrogens is 132 g/mol. The maximum Gasteiger partial charge on any atom is 0.0641 e. The summed E-state index contributed by atoms with van der Waals surface area (Å²) in [5, 5.41) is 2.42. The molecule has 0 aromatic carbocycles. The lowest BCUT2D eigenvalue weighted by atomic mass is 10.8. The van der Waals surface area contributed by atoms with Gasteiger partial charge in [0.1, 0.15) is 0 Å². The zero-order chi connectivity index (χ0) is 5.98. The summed E-state index contributed by atoms with van der Waals surface area (Å²) >= 11 is 0. The first kappa shape index (κ1) is 5.65. The molecule has 0 atom stereocenters. The Morgan fingerprint density at radius 3 is 1.62 bits per heavy atom. The molecule has 8 heavy (non-hydrogen) atoms. The molecule has 4 heteroatoms. The fraction of sp³-hybridized carbons (Fsp3) is 0. The third-order valence-electron chi connectivity index (χ3n) is 1.13. The third-order valence-corrected chi connectivity index (χ3v) is 4.09. The van der Waals surface area contributed by atoms with E-state index in [-0.39, 0.29) is 0 Å². The Hall–Kier alpha value is -0.486. The smallest absolute Gasteiger partial charge is 0.0641 e. The summed E-state index contributed by atoms with van der Waals surface area (Å²) in [7, 11) is 2.07. The monoisotopic (exact) mass is 140 g/mol. The average Bonchev–Trinajstić information content (AvgIpc) is 1.77. The lowest BCUT2D eigenvalue weighted by Crippen LogP contribution is -2.30. The van der Waals surface area contributed by atoms with Crippen molar-refractivity contribution in [2.24, 2.45) is 0 Å². The summed E-state index contributed by atoms with van der Waals surface area (Å²) in [6.45, 7) is 0. The summed E-state index contributed by atoms with van der Waals surface area (Å²) in [6.07, 6.45) is 3.51. The van der Waals surface area contributed by atoms with Crippen molar-refractivity contribution in [3.8, 4) is 0 Å². The van der Waals surface area contributed by atoms with Crippen molar-refractivity contribution < 1.29 is 0 Å². The van der Waals surface area contributed by atoms with Crippen molar-refractivity contribution in [1.82, 2.24) is 9.97 Å². The molecule has 42 valence electrons. The van der Waals surface area contributed by atoms with Gasteiger partial charge in [0.25, 0.3) is 0 Å². The Bertz CT molecular complexity index is 168. The summed E-state index contributed by atoms with van der Waals surface area (Å²) in [4.78, 5) is 8.23. The van der Waals surface area contributed by atoms with Crippen LogP contribution in [0.4, 0.5) is 0 Å². The number of nitrogens with zero attached hydrogens (tertiary/aromatic N) is 2. The minimum Gasteiger partial charge on any atom is -0.264 e. The molecule has 0 bridgehead atoms. The maximum atomic E-state index is 4.11. The summed E-state index contributed by atoms with van der Waals surface area (Å²) in [5.74, 6) is 0. The Balaban J connectivity index is 3.13. The molecule has 0 aliphatic carbocycles. The van der Waals surface area contributed by atoms with E-state index in [1.807, 2.05) is 0 Å². The fourth-order valence-electron chi connectivity index (χ4n) is 0.477. The highest BCUT2D eigenvalue weighted by Crippen LogP contribution is 1.59. The van der Waals surface area contributed by atoms with Gasteiger partial charge in [0.2, 0.25) is 0 Å². The highest BCUT2D eigenvalue weighted by atomic mass is 28.2. The Morgan fingerprint density at radius 2 is 1.38 bits per heavy atom. The average molecular weight is 140 g/mol. The van der Waals surface area contributed by atoms with Crippen LogP contribution < -0.4 is 10.6 Å². The van der Waals surface area contributed by atoms with Crippen LogP contribution in [0, 0.1) is 0 Å². The van der Waals surface area contributed by atoms with E-state index in [9.17, 15) is 0 Å². The van der Waals surface area contributed by atoms with Gasteiger partial charge in [-0.3, -0.25) is 9.97 Å². The lowest BCUT2D eigenvalue weighted by molar-refractivity contribution is 1.28. The van der Waals surface area contributed by atoms with Crippen LogP contribution in [0.1, 0.15) is 0 Å². The molecule has 0 spiro atoms. The molecule has 0 N–H and O–H groups in total. The van der Waals surface area contributed by atoms with E-state index in [4.69, 9.17) is 0 Å². The van der Waals surface area contributed by atoms with Gasteiger partial charge < -0.3 is 0 Å². The number of aromatic nitrogens is 2. The van der Waals surface area contributed by atoms with E-state index in [0.717, 1.165) is 20.5 Å². The van der Waals surface area contributed by atoms with Crippen LogP contribution in [0.5, 0.6) is 0 Å². The van der Waals surface area contributed by atoms with Crippen LogP contribution >= 0.6 is 0 Å². The highest BCUT2D eigenvalue weighted by Gasteiger charge is 1.86. The minimum atomic E-state index is 1.04. The van der Waals surface area contributed by atoms with Crippen molar-refractivity contribution in [2.75, 3.05) is 0 Å². The molecule has 0 fully saturated rings. The van der Waals surface area contributed by atoms with Crippen LogP contribution in [-0.4, -0.2) is 30.5 Å². The van der Waals surface area contributed by atoms with Crippen LogP contribution in [-0.2, 0) is 0 Å². The predicted octanol–water partition coefficient (Wildman–Crippen LogP) is -3.54. The number of hydrogen-bond acceptors (Lipinski definition) is 2. The second-order valence-corrected chi connectivity index (χ2v) is 3.62. The maximum absolute atomic E-state index is 4.11. The van der Waals surface area contributed by atoms with Gasteiger partial charge in [0, 0.05) is 23.0 Å². The van der Waals surface area contributed by atoms with Crippen molar-refractivity contribution >= 4 is 31.1 Å². The van der Waals surface area contributed by atoms with Gasteiger partial charge >= 0.3 is 0 Å². The zero-order valence-corrected chi connectivity index (χ0v) is 9.05. The fourth-order valence-corrected chi connectivity index (χ4v) is 1.03. The first-order valence-electron chi connectivity index (χ1n) is 2.55. The second kappa shape index (κ2) is 2.19. The summed E-state index contributed by atoms with van der Waals surface area (Å²) < 4.78 is 0. The zero-order valence-electron chi connectivity index (χ0n) is 5.05. The van der Waals surface area contributed by atoms with E-state index < -0.39 is 0 Å². The third kappa shape index (κ3) is 1.02. The molecule has 1 aromatic heterocycles. The Labute approximate surface area is 54.2 Å². The molecule has 0 saturated heterocycles. The normalized spacial score (nSPS) is 10.0. The lowest BCUT2D eigenvalue weighted by Gasteiger charge is -1.92. The topological polar surface area (TPSA) is 25.8 Å². The highest BCUT2D eigenvalue weighted by molar-refractivity contribution is 6.46. The van der Waals surface area contributed by atoms with Crippen LogP contribution in [0.3, 0.4) is 0 Å². The van der Waals surface area contributed by atoms with Gasteiger partial charge in [0.05, 0.1) is 20.5 Å². The van der Waals surface area contributed by atoms with Gasteiger partial charge in [-0.1, -0.05) is 0 Å². The largest absolute Gasteiger partial charge is 0.264 e. The first-order valence-corrected chi connectivity index (χ1v) is 4.55. The van der Waals surface area contributed by atoms with E-state index in [1.54, 1.807) is 12.4 Å². The number of hydrogen-bond donors (Lipinski definition) is 0. The molecule has 0 amide bonds. The van der Waals surface area contributed by atoms with Crippen LogP contribution in [0.25, 0.3) is 0 Å². The molecule has 2 nitrogen and oxygen atoms in total. The van der Waals surface area contributed by atoms with Gasteiger partial charge in [0.15, 0.2) is 0 Å². The SMILES string of the molecule is [SiH3]c1nccnc1[SiH3]. The van der Waals surface area contributed by atoms with Gasteiger partial charge in [-0.25, -0.2) is 0 Å². The quantitative estimate of drug-likeness (QED) is 0.349. The Morgan fingerprint density at radius 1 is 1.00 bits per heavy atom. The van der Waals surface area contributed by atoms with Crippen molar-refractivity contribution in [3.05, 3.63) is 12.4 Å². The van der Waals surface area contributed by atoms with Crippen molar-refractivity contribution in [2.45, 2.75) is 0 Å². The van der Waals surface area contributed by atoms with E-state index in [2.05, 4.69) is 9.97 Å². The van der Waals surface area contributed by atoms with Crippen LogP contribution in [0.2, 0.25) is 0 Å². The predicted molar refractivity (Wildman–Crippen MR) is 41.2 cm³/mol. The molecule has 0 saturated carbocycles. The second-order valence-electron chi connectivity index (χ2n) is 1.73. The van der Waals surface area contributed by atoms with Gasteiger partial charge in [-0.15, -0.1) is 0 Å². The molecule has 1 heterocycles. The standard InChI is InChI=1S/C4H8N2Si2/c7-3-4(8)6-2-1-5-3/h1-2H,7-8H3. The molecule has 1 aromatic rings. The Kier molecular flexibility index (Phi) is 1.54. The van der Waals surface area contributed by atoms with E-state index in [1.165, 1.54) is 10.6 Å². The van der Waals surface area contributed by atoms with E-state index in [0.29, 0.717) is 0 Å². The molecular formula is C4H8N2Si2. The van der Waals surface area contributed by atoms with Gasteiger partial charge in [-0.05, 0) is 0 Å². The molecule has 0 aliphatic heterocycles. The number of rotatable bonds is 0. The van der Waals surface area contributed by atoms with Crippen LogP contribution in [0.15, 0.2) is 12.4 Å². The first-order chi connectivity index (χ1) is 3.80. The molecule has 1 rings (SSSR count). The summed E-state index contributed by atoms with van der Waals surface area (Å²) in [6, 6.07) is 0. The molecule has 0 radical (unpaired) electrons. The van der Waals surface area contributed by atoms with Gasteiger partial charge in [-0.2, -0.15) is 0 Å². The minimum absolute atomic E-state index is 1.04. The van der Waals surface area contributed by atoms with E-state index >= 15 is 0 Å². The molecule has 0 unspecified atom stereocenters. The van der Waals surface area contributed by atoms with Crippen molar-refractivity contribution in [1.29, 1.82) is 0 Å².